The molecular formula is C70H83ClN6O10S2. The van der Waals surface area contributed by atoms with Crippen LogP contribution in [0, 0.1) is 0 Å². The molecule has 16 nitrogen and oxygen atoms in total. The fourth-order valence-electron chi connectivity index (χ4n) is 13.2. The summed E-state index contributed by atoms with van der Waals surface area (Å²) in [5, 5.41) is 9.67. The number of morpholine rings is 2. The molecule has 4 fully saturated rings. The van der Waals surface area contributed by atoms with Crippen molar-refractivity contribution in [2.45, 2.75) is 110 Å². The maximum absolute atomic E-state index is 12.6. The van der Waals surface area contributed by atoms with E-state index in [1.165, 1.54) is 89.9 Å². The van der Waals surface area contributed by atoms with E-state index in [0.29, 0.717) is 67.8 Å². The Morgan fingerprint density at radius 1 is 0.562 bits per heavy atom. The summed E-state index contributed by atoms with van der Waals surface area (Å²) in [6.07, 6.45) is 12.0. The average molecular weight is 1270 g/mol. The zero-order valence-corrected chi connectivity index (χ0v) is 54.7. The molecular weight excluding hydrogens is 1180 g/mol. The Morgan fingerprint density at radius 2 is 0.955 bits per heavy atom. The summed E-state index contributed by atoms with van der Waals surface area (Å²) >= 11 is 2.97. The number of carbonyl (C=O) groups excluding carboxylic acids is 3. The third-order valence-electron chi connectivity index (χ3n) is 18.1. The van der Waals surface area contributed by atoms with Gasteiger partial charge in [0.05, 0.1) is 64.9 Å². The highest BCUT2D eigenvalue weighted by Crippen LogP contribution is 2.49. The van der Waals surface area contributed by atoms with E-state index >= 15 is 0 Å². The molecule has 4 aromatic carbocycles. The lowest BCUT2D eigenvalue weighted by Crippen LogP contribution is -2.37. The Hall–Kier alpha value is -7.35. The molecule has 472 valence electrons. The van der Waals surface area contributed by atoms with Crippen molar-refractivity contribution in [1.29, 1.82) is 0 Å². The van der Waals surface area contributed by atoms with Gasteiger partial charge in [-0.25, -0.2) is 9.59 Å². The summed E-state index contributed by atoms with van der Waals surface area (Å²) in [6, 6.07) is 32.7. The second kappa shape index (κ2) is 29.1. The molecule has 2 aliphatic heterocycles. The first-order valence-electron chi connectivity index (χ1n) is 31.2. The average Bonchev–Trinajstić information content (AvgIpc) is 1.63. The predicted molar refractivity (Wildman–Crippen MR) is 360 cm³/mol. The van der Waals surface area contributed by atoms with Crippen molar-refractivity contribution in [2.24, 2.45) is 14.1 Å². The maximum atomic E-state index is 12.6. The van der Waals surface area contributed by atoms with E-state index in [4.69, 9.17) is 23.7 Å². The van der Waals surface area contributed by atoms with Crippen LogP contribution < -0.4 is 29.1 Å². The van der Waals surface area contributed by atoms with E-state index in [2.05, 4.69) is 68.4 Å². The number of aromatic carboxylic acids is 1. The molecule has 2 amide bonds. The summed E-state index contributed by atoms with van der Waals surface area (Å²) in [4.78, 5) is 57.5. The van der Waals surface area contributed by atoms with Gasteiger partial charge >= 0.3 is 11.9 Å². The molecule has 0 radical (unpaired) electrons. The Balaban J connectivity index is 0.000000194. The topological polar surface area (TPSA) is 157 Å². The Labute approximate surface area is 536 Å². The predicted octanol–water partition coefficient (Wildman–Crippen LogP) is 15.0. The van der Waals surface area contributed by atoms with Gasteiger partial charge < -0.3 is 57.5 Å². The molecule has 0 unspecified atom stereocenters. The van der Waals surface area contributed by atoms with Crippen LogP contribution in [0.4, 0.5) is 22.7 Å². The van der Waals surface area contributed by atoms with Crippen LogP contribution in [-0.4, -0.2) is 111 Å². The van der Waals surface area contributed by atoms with Gasteiger partial charge in [-0.2, -0.15) is 0 Å². The van der Waals surface area contributed by atoms with Gasteiger partial charge in [0, 0.05) is 102 Å². The highest BCUT2D eigenvalue weighted by Gasteiger charge is 2.31. The number of nitrogens with zero attached hydrogens (tertiary/aromatic N) is 6. The van der Waals surface area contributed by atoms with Crippen LogP contribution in [-0.2, 0) is 51.1 Å². The minimum Gasteiger partial charge on any atom is -0.489 e. The molecule has 2 aliphatic carbocycles. The van der Waals surface area contributed by atoms with Crippen molar-refractivity contribution < 1.29 is 48.0 Å². The number of amides is 2. The molecule has 2 saturated heterocycles. The molecule has 19 heteroatoms. The van der Waals surface area contributed by atoms with Crippen molar-refractivity contribution in [3.05, 3.63) is 129 Å². The Morgan fingerprint density at radius 3 is 1.34 bits per heavy atom. The van der Waals surface area contributed by atoms with Crippen LogP contribution in [0.1, 0.15) is 138 Å². The van der Waals surface area contributed by atoms with Crippen molar-refractivity contribution in [3.8, 4) is 34.0 Å². The number of benzene rings is 4. The number of carbonyl (C=O) groups is 4. The highest BCUT2D eigenvalue weighted by molar-refractivity contribution is 7.21. The van der Waals surface area contributed by atoms with Gasteiger partial charge in [0.15, 0.2) is 0 Å². The number of aryl methyl sites for hydroxylation is 2. The second-order valence-corrected chi connectivity index (χ2v) is 25.7. The minimum atomic E-state index is -0.867. The lowest BCUT2D eigenvalue weighted by Gasteiger charge is -2.31. The molecule has 89 heavy (non-hydrogen) atoms. The molecule has 4 aromatic heterocycles. The van der Waals surface area contributed by atoms with Crippen LogP contribution >= 0.6 is 35.1 Å². The number of aromatic nitrogens is 2. The number of hydrogen-bond donors (Lipinski definition) is 1. The summed E-state index contributed by atoms with van der Waals surface area (Å²) in [5.74, 6) is 1.32. The van der Waals surface area contributed by atoms with Crippen molar-refractivity contribution >= 4 is 102 Å². The quantitative estimate of drug-likeness (QED) is 0.0862. The maximum Gasteiger partial charge on any atom is 0.348 e. The molecule has 0 atom stereocenters. The third-order valence-corrected chi connectivity index (χ3v) is 20.4. The first-order chi connectivity index (χ1) is 42.7. The van der Waals surface area contributed by atoms with Crippen LogP contribution in [0.5, 0.6) is 11.5 Å². The molecule has 0 spiro atoms. The highest BCUT2D eigenvalue weighted by atomic mass is 35.5. The molecule has 12 rings (SSSR count). The normalized spacial score (nSPS) is 15.7. The van der Waals surface area contributed by atoms with Crippen molar-refractivity contribution in [2.75, 3.05) is 92.9 Å². The van der Waals surface area contributed by atoms with Gasteiger partial charge in [0.1, 0.15) is 34.5 Å². The number of carboxylic acid groups (broad SMARTS) is 1. The van der Waals surface area contributed by atoms with E-state index in [0.717, 1.165) is 111 Å². The molecule has 1 N–H and O–H groups in total. The third kappa shape index (κ3) is 14.2. The minimum absolute atomic E-state index is 0. The number of fused-ring (bicyclic) bond motifs is 2. The number of ether oxygens (including phenoxy) is 5. The van der Waals surface area contributed by atoms with Gasteiger partial charge in [-0.3, -0.25) is 9.59 Å². The number of anilines is 4. The van der Waals surface area contributed by atoms with E-state index < -0.39 is 5.97 Å². The summed E-state index contributed by atoms with van der Waals surface area (Å²) in [6.45, 7) is 12.2. The fraction of sp³-hybridized carbons (Fsp3) is 0.429. The van der Waals surface area contributed by atoms with Gasteiger partial charge in [-0.05, 0) is 164 Å². The van der Waals surface area contributed by atoms with Crippen LogP contribution in [0.25, 0.3) is 42.9 Å². The van der Waals surface area contributed by atoms with Crippen LogP contribution in [0.3, 0.4) is 0 Å². The summed E-state index contributed by atoms with van der Waals surface area (Å²) in [5.41, 5.74) is 15.3. The first kappa shape index (κ1) is 64.6. The van der Waals surface area contributed by atoms with Crippen molar-refractivity contribution in [1.82, 2.24) is 9.13 Å². The standard InChI is InChI=1S/C36H43N3O5S.C34H39N3O5S.ClH/c1-5-43-36(41)32-22-31-35(45-32)33(25-9-7-6-8-10-25)34(38(31)4)26-11-14-29(15-12-26)44-23-27-21-28(37(3)24(2)40)13-16-30(27)39-17-19-42-20-18-39;1-22(38)35(2)26-11-14-28(37-15-17-41-18-16-37)25(19-26)21-42-27-12-9-24(10-13-27)32-31(23-7-5-4-6-8-23)33-29(36(32)3)20-30(43-33)34(39)40;/h11-16,21-22,25H,5-10,17-20,23H2,1-4H3;9-14,19-20,23H,4-8,15-18,21H2,1-3H3,(H,39,40);1H. The molecule has 2 saturated carbocycles. The SMILES string of the molecule is CC(=O)N(C)c1ccc(N2CCOCC2)c(COc2ccc(-c3c(C4CCCCC4)c4sc(C(=O)O)cc4n3C)cc2)c1.CCOC(=O)c1cc2c(s1)c(C1CCCCC1)c(-c1ccc(OCc3cc(N(C)C(C)=O)ccc3N3CCOCC3)cc1)n2C.Cl. The molecule has 6 heterocycles. The number of rotatable bonds is 17. The molecule has 8 aromatic rings. The number of carboxylic acids is 1. The van der Waals surface area contributed by atoms with Gasteiger partial charge in [-0.1, -0.05) is 38.5 Å². The molecule has 4 aliphatic rings. The number of esters is 1. The van der Waals surface area contributed by atoms with Gasteiger partial charge in [0.2, 0.25) is 11.8 Å². The fourth-order valence-corrected chi connectivity index (χ4v) is 15.6. The zero-order valence-electron chi connectivity index (χ0n) is 52.3. The number of hydrogen-bond acceptors (Lipinski definition) is 13. The monoisotopic (exact) mass is 1270 g/mol. The van der Waals surface area contributed by atoms with Crippen LogP contribution in [0.15, 0.2) is 97.1 Å². The van der Waals surface area contributed by atoms with Gasteiger partial charge in [0.25, 0.3) is 0 Å². The number of thiophene rings is 2. The summed E-state index contributed by atoms with van der Waals surface area (Å²) < 4.78 is 35.9. The lowest BCUT2D eigenvalue weighted by atomic mass is 9.83. The van der Waals surface area contributed by atoms with E-state index in [1.807, 2.05) is 68.6 Å². The van der Waals surface area contributed by atoms with Gasteiger partial charge in [-0.15, -0.1) is 35.1 Å². The summed E-state index contributed by atoms with van der Waals surface area (Å²) in [7, 11) is 7.73. The van der Waals surface area contributed by atoms with Crippen LogP contribution in [0.2, 0.25) is 0 Å². The zero-order chi connectivity index (χ0) is 61.6. The lowest BCUT2D eigenvalue weighted by molar-refractivity contribution is -0.117. The Kier molecular flexibility index (Phi) is 21.1. The smallest absolute Gasteiger partial charge is 0.348 e. The van der Waals surface area contributed by atoms with Crippen molar-refractivity contribution in [3.63, 3.8) is 0 Å². The number of halogens is 1. The molecule has 0 bridgehead atoms. The second-order valence-electron chi connectivity index (χ2n) is 23.6. The van der Waals surface area contributed by atoms with E-state index in [-0.39, 0.29) is 30.2 Å². The first-order valence-corrected chi connectivity index (χ1v) is 32.8. The Bertz CT molecular complexity index is 3790. The van der Waals surface area contributed by atoms with E-state index in [1.54, 1.807) is 49.1 Å². The van der Waals surface area contributed by atoms with E-state index in [9.17, 15) is 24.3 Å². The largest absolute Gasteiger partial charge is 0.489 e.